The van der Waals surface area contributed by atoms with Crippen molar-refractivity contribution in [3.63, 3.8) is 0 Å². The second kappa shape index (κ2) is 5.80. The molecule has 20 heavy (non-hydrogen) atoms. The van der Waals surface area contributed by atoms with E-state index >= 15 is 0 Å². The van der Waals surface area contributed by atoms with Crippen molar-refractivity contribution >= 4 is 0 Å². The first-order valence-electron chi connectivity index (χ1n) is 7.16. The molecule has 0 aliphatic rings. The lowest BCUT2D eigenvalue weighted by molar-refractivity contribution is 0.561. The summed E-state index contributed by atoms with van der Waals surface area (Å²) in [5.74, 6) is 0. The fourth-order valence-corrected chi connectivity index (χ4v) is 2.35. The number of hydrogen-bond acceptors (Lipinski definition) is 2. The smallest absolute Gasteiger partial charge is 0.0797 e. The molecule has 1 aromatic carbocycles. The molecule has 3 nitrogen and oxygen atoms in total. The number of aryl methyl sites for hydroxylation is 1. The lowest BCUT2D eigenvalue weighted by Crippen LogP contribution is -2.19. The van der Waals surface area contributed by atoms with Crippen molar-refractivity contribution in [3.8, 4) is 0 Å². The number of hydrogen-bond donors (Lipinski definition) is 1. The van der Waals surface area contributed by atoms with Gasteiger partial charge in [-0.2, -0.15) is 5.10 Å². The van der Waals surface area contributed by atoms with Crippen LogP contribution in [0.3, 0.4) is 0 Å². The van der Waals surface area contributed by atoms with Crippen LogP contribution in [-0.2, 0) is 18.9 Å². The Labute approximate surface area is 122 Å². The van der Waals surface area contributed by atoms with Gasteiger partial charge in [0, 0.05) is 13.2 Å². The summed E-state index contributed by atoms with van der Waals surface area (Å²) < 4.78 is 1.85. The molecule has 0 spiro atoms. The van der Waals surface area contributed by atoms with E-state index in [1.54, 1.807) is 0 Å². The van der Waals surface area contributed by atoms with Gasteiger partial charge in [0.15, 0.2) is 0 Å². The second-order valence-corrected chi connectivity index (χ2v) is 6.41. The molecule has 2 aromatic rings. The molecule has 1 heterocycles. The molecule has 2 rings (SSSR count). The fourth-order valence-electron chi connectivity index (χ4n) is 2.35. The van der Waals surface area contributed by atoms with Gasteiger partial charge in [0.05, 0.1) is 11.7 Å². The molecule has 0 amide bonds. The van der Waals surface area contributed by atoms with Crippen molar-refractivity contribution in [2.75, 3.05) is 7.05 Å². The van der Waals surface area contributed by atoms with Crippen molar-refractivity contribution < 1.29 is 0 Å². The van der Waals surface area contributed by atoms with Crippen molar-refractivity contribution in [1.82, 2.24) is 15.1 Å². The van der Waals surface area contributed by atoms with Crippen molar-refractivity contribution in [2.24, 2.45) is 7.05 Å². The van der Waals surface area contributed by atoms with Crippen LogP contribution in [0.5, 0.6) is 0 Å². The third kappa shape index (κ3) is 3.48. The Morgan fingerprint density at radius 2 is 1.80 bits per heavy atom. The molecule has 0 radical (unpaired) electrons. The maximum absolute atomic E-state index is 4.49. The molecule has 1 aromatic heterocycles. The van der Waals surface area contributed by atoms with Crippen LogP contribution in [0.25, 0.3) is 0 Å². The van der Waals surface area contributed by atoms with Gasteiger partial charge in [-0.1, -0.05) is 45.0 Å². The van der Waals surface area contributed by atoms with Gasteiger partial charge in [0.2, 0.25) is 0 Å². The summed E-state index contributed by atoms with van der Waals surface area (Å²) in [4.78, 5) is 0. The topological polar surface area (TPSA) is 29.9 Å². The zero-order chi connectivity index (χ0) is 14.8. The summed E-state index contributed by atoms with van der Waals surface area (Å²) in [5, 5.41) is 7.84. The van der Waals surface area contributed by atoms with E-state index in [4.69, 9.17) is 0 Å². The van der Waals surface area contributed by atoms with E-state index < -0.39 is 0 Å². The molecule has 0 aliphatic carbocycles. The molecule has 3 heteroatoms. The van der Waals surface area contributed by atoms with Crippen LogP contribution in [-0.4, -0.2) is 16.8 Å². The maximum Gasteiger partial charge on any atom is 0.0797 e. The summed E-state index contributed by atoms with van der Waals surface area (Å²) in [6, 6.07) is 11.3. The molecule has 108 valence electrons. The molecule has 1 unspecified atom stereocenters. The van der Waals surface area contributed by atoms with Crippen LogP contribution in [0, 0.1) is 0 Å². The lowest BCUT2D eigenvalue weighted by Gasteiger charge is -2.20. The number of aromatic nitrogens is 2. The van der Waals surface area contributed by atoms with Gasteiger partial charge in [0.25, 0.3) is 0 Å². The van der Waals surface area contributed by atoms with Gasteiger partial charge in [0.1, 0.15) is 0 Å². The van der Waals surface area contributed by atoms with E-state index in [1.807, 2.05) is 25.0 Å². The Morgan fingerprint density at radius 3 is 2.25 bits per heavy atom. The van der Waals surface area contributed by atoms with E-state index in [0.717, 1.165) is 12.1 Å². The first-order chi connectivity index (χ1) is 9.40. The molecule has 1 atom stereocenters. The third-order valence-electron chi connectivity index (χ3n) is 3.70. The Balaban J connectivity index is 2.12. The normalized spacial score (nSPS) is 13.4. The molecular formula is C17H25N3. The highest BCUT2D eigenvalue weighted by atomic mass is 15.3. The van der Waals surface area contributed by atoms with Crippen LogP contribution in [0.2, 0.25) is 0 Å². The number of benzene rings is 1. The highest BCUT2D eigenvalue weighted by Crippen LogP contribution is 2.23. The number of nitrogens with one attached hydrogen (secondary N) is 1. The Hall–Kier alpha value is -1.61. The van der Waals surface area contributed by atoms with Gasteiger partial charge in [-0.25, -0.2) is 0 Å². The van der Waals surface area contributed by atoms with Crippen LogP contribution in [0.1, 0.15) is 43.6 Å². The summed E-state index contributed by atoms with van der Waals surface area (Å²) in [5.41, 5.74) is 4.01. The standard InChI is InChI=1S/C17H25N3/c1-17(2,3)14-8-6-13(7-9-14)12-16(18-4)15-10-11-20(5)19-15/h6-11,16,18H,12H2,1-5H3. The second-order valence-electron chi connectivity index (χ2n) is 6.41. The molecular weight excluding hydrogens is 246 g/mol. The molecule has 0 aliphatic heterocycles. The Bertz CT molecular complexity index is 546. The third-order valence-corrected chi connectivity index (χ3v) is 3.70. The van der Waals surface area contributed by atoms with Gasteiger partial charge in [-0.05, 0) is 36.1 Å². The molecule has 1 N–H and O–H groups in total. The predicted molar refractivity (Wildman–Crippen MR) is 83.9 cm³/mol. The molecule has 0 saturated carbocycles. The summed E-state index contributed by atoms with van der Waals surface area (Å²) in [6.45, 7) is 6.73. The van der Waals surface area contributed by atoms with E-state index in [2.05, 4.69) is 61.5 Å². The largest absolute Gasteiger partial charge is 0.311 e. The minimum atomic E-state index is 0.210. The first kappa shape index (κ1) is 14.8. The van der Waals surface area contributed by atoms with Crippen LogP contribution < -0.4 is 5.32 Å². The van der Waals surface area contributed by atoms with Gasteiger partial charge in [-0.3, -0.25) is 4.68 Å². The monoisotopic (exact) mass is 271 g/mol. The number of rotatable bonds is 4. The number of nitrogens with zero attached hydrogens (tertiary/aromatic N) is 2. The molecule has 0 bridgehead atoms. The summed E-state index contributed by atoms with van der Waals surface area (Å²) in [6.07, 6.45) is 2.94. The maximum atomic E-state index is 4.49. The quantitative estimate of drug-likeness (QED) is 0.925. The fraction of sp³-hybridized carbons (Fsp3) is 0.471. The highest BCUT2D eigenvalue weighted by molar-refractivity contribution is 5.28. The molecule has 0 fully saturated rings. The zero-order valence-corrected chi connectivity index (χ0v) is 13.1. The Kier molecular flexibility index (Phi) is 4.29. The highest BCUT2D eigenvalue weighted by Gasteiger charge is 2.15. The summed E-state index contributed by atoms with van der Waals surface area (Å²) in [7, 11) is 3.94. The minimum absolute atomic E-state index is 0.210. The van der Waals surface area contributed by atoms with Crippen LogP contribution >= 0.6 is 0 Å². The SMILES string of the molecule is CNC(Cc1ccc(C(C)(C)C)cc1)c1ccn(C)n1. The van der Waals surface area contributed by atoms with Crippen LogP contribution in [0.15, 0.2) is 36.5 Å². The summed E-state index contributed by atoms with van der Waals surface area (Å²) >= 11 is 0. The average molecular weight is 271 g/mol. The predicted octanol–water partition coefficient (Wildman–Crippen LogP) is 3.22. The van der Waals surface area contributed by atoms with Crippen molar-refractivity contribution in [3.05, 3.63) is 53.3 Å². The lowest BCUT2D eigenvalue weighted by atomic mass is 9.86. The van der Waals surface area contributed by atoms with Crippen molar-refractivity contribution in [1.29, 1.82) is 0 Å². The van der Waals surface area contributed by atoms with Gasteiger partial charge >= 0.3 is 0 Å². The average Bonchev–Trinajstić information content (AvgIpc) is 2.82. The Morgan fingerprint density at radius 1 is 1.15 bits per heavy atom. The van der Waals surface area contributed by atoms with E-state index in [-0.39, 0.29) is 11.5 Å². The minimum Gasteiger partial charge on any atom is -0.311 e. The number of likely N-dealkylation sites (N-methyl/N-ethyl adjacent to an activating group) is 1. The zero-order valence-electron chi connectivity index (χ0n) is 13.1. The van der Waals surface area contributed by atoms with Gasteiger partial charge in [-0.15, -0.1) is 0 Å². The first-order valence-corrected chi connectivity index (χ1v) is 7.16. The van der Waals surface area contributed by atoms with E-state index in [1.165, 1.54) is 11.1 Å². The van der Waals surface area contributed by atoms with Crippen LogP contribution in [0.4, 0.5) is 0 Å². The molecule has 0 saturated heterocycles. The van der Waals surface area contributed by atoms with Crippen molar-refractivity contribution in [2.45, 2.75) is 38.6 Å². The van der Waals surface area contributed by atoms with E-state index in [9.17, 15) is 0 Å². The van der Waals surface area contributed by atoms with Gasteiger partial charge < -0.3 is 5.32 Å². The van der Waals surface area contributed by atoms with E-state index in [0.29, 0.717) is 0 Å².